The summed E-state index contributed by atoms with van der Waals surface area (Å²) in [6.45, 7) is 36.0. The van der Waals surface area contributed by atoms with E-state index >= 15 is 0 Å². The molecule has 2 unspecified atom stereocenters. The average Bonchev–Trinajstić information content (AvgIpc) is 3.64. The summed E-state index contributed by atoms with van der Waals surface area (Å²) < 4.78 is 19.5. The van der Waals surface area contributed by atoms with Crippen LogP contribution in [-0.4, -0.2) is 65.2 Å². The Morgan fingerprint density at radius 3 is 2.28 bits per heavy atom. The van der Waals surface area contributed by atoms with Crippen LogP contribution in [0.5, 0.6) is 0 Å². The molecule has 5 rings (SSSR count). The summed E-state index contributed by atoms with van der Waals surface area (Å²) in [7, 11) is -2.53. The number of carbonyl (C=O) groups excluding carboxylic acids is 1. The molecule has 0 bridgehead atoms. The summed E-state index contributed by atoms with van der Waals surface area (Å²) >= 11 is 0. The highest BCUT2D eigenvalue weighted by Crippen LogP contribution is 2.60. The second-order valence-electron chi connectivity index (χ2n) is 22.0. The van der Waals surface area contributed by atoms with E-state index in [9.17, 15) is 4.79 Å². The van der Waals surface area contributed by atoms with E-state index in [1.54, 1.807) is 5.57 Å². The summed E-state index contributed by atoms with van der Waals surface area (Å²) in [5.74, 6) is 1.46. The van der Waals surface area contributed by atoms with Crippen LogP contribution >= 0.6 is 0 Å². The number of allylic oxidation sites excluding steroid dienone is 3. The molecule has 0 amide bonds. The lowest BCUT2D eigenvalue weighted by molar-refractivity contribution is -0.216. The molecule has 4 fully saturated rings. The van der Waals surface area contributed by atoms with Crippen LogP contribution in [0.2, 0.25) is 36.3 Å². The van der Waals surface area contributed by atoms with Crippen LogP contribution in [0.1, 0.15) is 132 Å². The highest BCUT2D eigenvalue weighted by atomic mass is 28.4. The van der Waals surface area contributed by atoms with Crippen molar-refractivity contribution < 1.29 is 23.2 Å². The number of fused-ring (bicyclic) bond motifs is 1. The largest absolute Gasteiger partial charge is 0.467 e. The highest BCUT2D eigenvalue weighted by molar-refractivity contribution is 6.74. The molecule has 3 aliphatic carbocycles. The summed E-state index contributed by atoms with van der Waals surface area (Å²) in [6.07, 6.45) is 16.7. The zero-order chi connectivity index (χ0) is 42.2. The summed E-state index contributed by atoms with van der Waals surface area (Å²) in [5.41, 5.74) is 4.77. The van der Waals surface area contributed by atoms with Crippen LogP contribution in [0.4, 0.5) is 0 Å². The van der Waals surface area contributed by atoms with Crippen molar-refractivity contribution in [3.8, 4) is 0 Å². The second-order valence-corrected chi connectivity index (χ2v) is 31.5. The molecule has 57 heavy (non-hydrogen) atoms. The number of hydrogen-bond acceptors (Lipinski definition) is 6. The monoisotopic (exact) mass is 820 g/mol. The van der Waals surface area contributed by atoms with E-state index < -0.39 is 22.2 Å². The van der Waals surface area contributed by atoms with Gasteiger partial charge in [0.25, 0.3) is 0 Å². The third kappa shape index (κ3) is 10.4. The number of ether oxygens (including phenoxy) is 1. The van der Waals surface area contributed by atoms with Gasteiger partial charge in [0.15, 0.2) is 22.2 Å². The van der Waals surface area contributed by atoms with Crippen molar-refractivity contribution in [2.24, 2.45) is 23.2 Å². The number of aryl methyl sites for hydroxylation is 1. The van der Waals surface area contributed by atoms with Crippen molar-refractivity contribution in [1.29, 1.82) is 0 Å². The van der Waals surface area contributed by atoms with Gasteiger partial charge in [-0.25, -0.2) is 4.79 Å². The first-order chi connectivity index (χ1) is 26.4. The van der Waals surface area contributed by atoms with Gasteiger partial charge in [-0.05, 0) is 141 Å². The van der Waals surface area contributed by atoms with E-state index in [-0.39, 0.29) is 39.7 Å². The van der Waals surface area contributed by atoms with Crippen molar-refractivity contribution in [2.45, 2.75) is 193 Å². The number of rotatable bonds is 13. The first kappa shape index (κ1) is 46.3. The Morgan fingerprint density at radius 2 is 1.65 bits per heavy atom. The van der Waals surface area contributed by atoms with Crippen LogP contribution in [0.15, 0.2) is 65.8 Å². The molecule has 320 valence electrons. The molecule has 0 radical (unpaired) electrons. The van der Waals surface area contributed by atoms with E-state index in [4.69, 9.17) is 25.0 Å². The van der Waals surface area contributed by atoms with Gasteiger partial charge in [-0.2, -0.15) is 5.06 Å². The first-order valence-corrected chi connectivity index (χ1v) is 28.2. The molecule has 1 aromatic rings. The smallest absolute Gasteiger partial charge is 0.340 e. The zero-order valence-electron chi connectivity index (χ0n) is 38.7. The van der Waals surface area contributed by atoms with Crippen molar-refractivity contribution in [2.75, 3.05) is 13.7 Å². The minimum atomic E-state index is -2.03. The van der Waals surface area contributed by atoms with Gasteiger partial charge in [0.05, 0.1) is 19.3 Å². The van der Waals surface area contributed by atoms with Gasteiger partial charge >= 0.3 is 5.97 Å². The third-order valence-corrected chi connectivity index (χ3v) is 24.8. The lowest BCUT2D eigenvalue weighted by Gasteiger charge is -2.46. The minimum Gasteiger partial charge on any atom is -0.467 e. The number of esters is 1. The average molecular weight is 820 g/mol. The van der Waals surface area contributed by atoms with Gasteiger partial charge in [0, 0.05) is 25.4 Å². The number of methoxy groups -OCH3 is 1. The van der Waals surface area contributed by atoms with E-state index in [1.165, 1.54) is 50.4 Å². The number of hydrogen-bond donors (Lipinski definition) is 0. The quantitative estimate of drug-likeness (QED) is 0.146. The molecule has 1 aromatic carbocycles. The maximum atomic E-state index is 13.0. The Kier molecular flexibility index (Phi) is 14.3. The molecule has 8 heteroatoms. The fourth-order valence-electron chi connectivity index (χ4n) is 10.3. The summed E-state index contributed by atoms with van der Waals surface area (Å²) in [5, 5.41) is 2.42. The van der Waals surface area contributed by atoms with Gasteiger partial charge in [0.2, 0.25) is 0 Å². The molecule has 1 heterocycles. The van der Waals surface area contributed by atoms with Crippen LogP contribution in [0.25, 0.3) is 0 Å². The fourth-order valence-corrected chi connectivity index (χ4v) is 13.0. The van der Waals surface area contributed by atoms with Crippen LogP contribution in [-0.2, 0) is 29.6 Å². The van der Waals surface area contributed by atoms with Gasteiger partial charge in [-0.1, -0.05) is 110 Å². The number of nitrogens with zero attached hydrogens (tertiary/aromatic N) is 1. The van der Waals surface area contributed by atoms with E-state index in [0.717, 1.165) is 44.2 Å². The Labute approximate surface area is 350 Å². The maximum Gasteiger partial charge on any atom is 0.340 e. The summed E-state index contributed by atoms with van der Waals surface area (Å²) in [6, 6.07) is 10.8. The number of hydroxylamine groups is 2. The van der Waals surface area contributed by atoms with Crippen molar-refractivity contribution in [1.82, 2.24) is 5.06 Å². The van der Waals surface area contributed by atoms with E-state index in [2.05, 4.69) is 129 Å². The lowest BCUT2D eigenvalue weighted by Crippen LogP contribution is -2.49. The first-order valence-electron chi connectivity index (χ1n) is 22.4. The molecular formula is C49H81NO5Si2. The van der Waals surface area contributed by atoms with Crippen molar-refractivity contribution in [3.63, 3.8) is 0 Å². The Balaban J connectivity index is 1.33. The standard InChI is InChI=1S/C49H81NO5Si2/c1-35(31-40-34-49(10,45(51)52-11)55-50(40)30-20-23-37-21-17-16-18-22-37)42-27-28-43-38(24-19-29-48(42,43)9)25-26-39-32-41(53-56(12,13)46(3,4)5)33-44(36(39)2)54-57(14,15)47(6,7)8/h16-18,21-22,25-26,35,40-44H,2,19-20,23-24,27-34H2,1,3-15H3/t35-,40?,41-,42-,43+,44+,48-,49?/m1/s1. The zero-order valence-corrected chi connectivity index (χ0v) is 40.7. The molecule has 6 nitrogen and oxygen atoms in total. The molecule has 8 atom stereocenters. The molecule has 0 spiro atoms. The Bertz CT molecular complexity index is 1620. The molecule has 1 saturated heterocycles. The van der Waals surface area contributed by atoms with Gasteiger partial charge < -0.3 is 13.6 Å². The predicted molar refractivity (Wildman–Crippen MR) is 242 cm³/mol. The van der Waals surface area contributed by atoms with Crippen molar-refractivity contribution >= 4 is 22.6 Å². The molecule has 1 aliphatic heterocycles. The molecular weight excluding hydrogens is 739 g/mol. The maximum absolute atomic E-state index is 13.0. The van der Waals surface area contributed by atoms with Crippen LogP contribution in [0.3, 0.4) is 0 Å². The SMILES string of the molecule is C=C1C(=CC=C2CCC[C@]3(C)[C@@H]([C@H](C)CC4CC(C)(C(=O)OC)ON4CCCc4ccccc4)CC[C@@H]23)C[C@@H](O[Si](C)(C)C(C)(C)C)C[C@@H]1O[Si](C)(C)C(C)(C)C. The van der Waals surface area contributed by atoms with E-state index in [1.807, 2.05) is 6.92 Å². The normalized spacial score (nSPS) is 32.5. The molecule has 4 aliphatic rings. The van der Waals surface area contributed by atoms with Gasteiger partial charge in [-0.3, -0.25) is 4.84 Å². The van der Waals surface area contributed by atoms with Crippen LogP contribution < -0.4 is 0 Å². The third-order valence-electron chi connectivity index (χ3n) is 15.8. The molecule has 0 N–H and O–H groups in total. The van der Waals surface area contributed by atoms with Gasteiger partial charge in [0.1, 0.15) is 0 Å². The lowest BCUT2D eigenvalue weighted by atomic mass is 9.60. The molecule has 3 saturated carbocycles. The topological polar surface area (TPSA) is 57.2 Å². The Morgan fingerprint density at radius 1 is 1.00 bits per heavy atom. The predicted octanol–water partition coefficient (Wildman–Crippen LogP) is 12.8. The molecule has 0 aromatic heterocycles. The highest BCUT2D eigenvalue weighted by Gasteiger charge is 2.53. The summed E-state index contributed by atoms with van der Waals surface area (Å²) in [4.78, 5) is 19.5. The minimum absolute atomic E-state index is 0.00842. The van der Waals surface area contributed by atoms with Crippen LogP contribution in [0, 0.1) is 23.2 Å². The van der Waals surface area contributed by atoms with Crippen molar-refractivity contribution in [3.05, 3.63) is 71.3 Å². The van der Waals surface area contributed by atoms with Gasteiger partial charge in [-0.15, -0.1) is 0 Å². The Hall–Kier alpha value is -1.82. The fraction of sp³-hybridized carbons (Fsp3) is 0.735. The second kappa shape index (κ2) is 17.7. The number of carbonyl (C=O) groups is 1. The van der Waals surface area contributed by atoms with E-state index in [0.29, 0.717) is 24.2 Å². The number of benzene rings is 1.